The van der Waals surface area contributed by atoms with Crippen molar-refractivity contribution in [3.63, 3.8) is 0 Å². The van der Waals surface area contributed by atoms with Crippen LogP contribution in [0.5, 0.6) is 0 Å². The molecule has 0 bridgehead atoms. The summed E-state index contributed by atoms with van der Waals surface area (Å²) < 4.78 is 0. The van der Waals surface area contributed by atoms with Crippen LogP contribution in [0.1, 0.15) is 25.7 Å². The molecule has 2 unspecified atom stereocenters. The summed E-state index contributed by atoms with van der Waals surface area (Å²) in [5.41, 5.74) is 0. The molecule has 2 atom stereocenters. The second kappa shape index (κ2) is 5.57. The highest BCUT2D eigenvalue weighted by molar-refractivity contribution is 8.13. The maximum absolute atomic E-state index is 11.1. The van der Waals surface area contributed by atoms with E-state index in [1.165, 1.54) is 25.7 Å². The number of hydrogen-bond donors (Lipinski definition) is 2. The summed E-state index contributed by atoms with van der Waals surface area (Å²) >= 11 is 1.76. The first-order valence-electron chi connectivity index (χ1n) is 5.94. The topological polar surface area (TPSA) is 53.5 Å². The number of aliphatic imine (C=N–C) groups is 1. The van der Waals surface area contributed by atoms with E-state index in [-0.39, 0.29) is 12.5 Å². The molecule has 4 nitrogen and oxygen atoms in total. The van der Waals surface area contributed by atoms with E-state index >= 15 is 0 Å². The Morgan fingerprint density at radius 3 is 3.19 bits per heavy atom. The quantitative estimate of drug-likeness (QED) is 0.758. The fourth-order valence-corrected chi connectivity index (χ4v) is 3.46. The number of amides is 1. The SMILES string of the molecule is CNC(=O)CN=C1NC2CCCCC2CS1. The summed E-state index contributed by atoms with van der Waals surface area (Å²) in [6.07, 6.45) is 5.29. The highest BCUT2D eigenvalue weighted by atomic mass is 32.2. The van der Waals surface area contributed by atoms with E-state index in [0.29, 0.717) is 6.04 Å². The average Bonchev–Trinajstić information content (AvgIpc) is 2.35. The second-order valence-corrected chi connectivity index (χ2v) is 5.41. The molecule has 2 rings (SSSR count). The molecule has 5 heteroatoms. The van der Waals surface area contributed by atoms with Gasteiger partial charge >= 0.3 is 0 Å². The van der Waals surface area contributed by atoms with Crippen LogP contribution in [0.4, 0.5) is 0 Å². The molecule has 0 aromatic heterocycles. The minimum Gasteiger partial charge on any atom is -0.362 e. The highest BCUT2D eigenvalue weighted by Gasteiger charge is 2.30. The van der Waals surface area contributed by atoms with Gasteiger partial charge in [-0.15, -0.1) is 0 Å². The molecule has 2 aliphatic rings. The van der Waals surface area contributed by atoms with Crippen molar-refractivity contribution >= 4 is 22.8 Å². The van der Waals surface area contributed by atoms with E-state index in [2.05, 4.69) is 15.6 Å². The number of hydrogen-bond acceptors (Lipinski definition) is 3. The molecule has 1 amide bonds. The Morgan fingerprint density at radius 1 is 1.56 bits per heavy atom. The maximum atomic E-state index is 11.1. The zero-order valence-electron chi connectivity index (χ0n) is 9.66. The van der Waals surface area contributed by atoms with Gasteiger partial charge in [-0.2, -0.15) is 0 Å². The van der Waals surface area contributed by atoms with Crippen molar-refractivity contribution in [2.75, 3.05) is 19.3 Å². The smallest absolute Gasteiger partial charge is 0.241 e. The molecule has 1 saturated heterocycles. The Hall–Kier alpha value is -0.710. The molecule has 1 aliphatic heterocycles. The number of likely N-dealkylation sites (N-methyl/N-ethyl adjacent to an activating group) is 1. The van der Waals surface area contributed by atoms with Crippen molar-refractivity contribution < 1.29 is 4.79 Å². The average molecular weight is 241 g/mol. The van der Waals surface area contributed by atoms with Gasteiger partial charge in [0.1, 0.15) is 6.54 Å². The summed E-state index contributed by atoms with van der Waals surface area (Å²) in [6.45, 7) is 0.239. The Kier molecular flexibility index (Phi) is 4.09. The van der Waals surface area contributed by atoms with Crippen LogP contribution >= 0.6 is 11.8 Å². The standard InChI is InChI=1S/C11H19N3OS/c1-12-10(15)6-13-11-14-9-5-3-2-4-8(9)7-16-11/h8-9H,2-7H2,1H3,(H,12,15)(H,13,14). The number of carbonyl (C=O) groups is 1. The third kappa shape index (κ3) is 2.90. The maximum Gasteiger partial charge on any atom is 0.241 e. The molecule has 16 heavy (non-hydrogen) atoms. The lowest BCUT2D eigenvalue weighted by Crippen LogP contribution is -2.46. The molecule has 0 radical (unpaired) electrons. The van der Waals surface area contributed by atoms with Gasteiger partial charge in [-0.25, -0.2) is 0 Å². The van der Waals surface area contributed by atoms with Crippen molar-refractivity contribution in [1.29, 1.82) is 0 Å². The zero-order chi connectivity index (χ0) is 11.4. The van der Waals surface area contributed by atoms with Gasteiger partial charge in [0.2, 0.25) is 5.91 Å². The van der Waals surface area contributed by atoms with E-state index in [4.69, 9.17) is 0 Å². The van der Waals surface area contributed by atoms with Crippen LogP contribution in [0, 0.1) is 5.92 Å². The molecule has 0 aromatic carbocycles. The molecule has 0 aromatic rings. The monoisotopic (exact) mass is 241 g/mol. The van der Waals surface area contributed by atoms with Crippen LogP contribution in [0.2, 0.25) is 0 Å². The highest BCUT2D eigenvalue weighted by Crippen LogP contribution is 2.31. The van der Waals surface area contributed by atoms with E-state index in [0.717, 1.165) is 16.8 Å². The first-order valence-corrected chi connectivity index (χ1v) is 6.92. The Labute approximate surface area is 101 Å². The van der Waals surface area contributed by atoms with Gasteiger partial charge < -0.3 is 10.6 Å². The molecular weight excluding hydrogens is 222 g/mol. The van der Waals surface area contributed by atoms with Gasteiger partial charge in [0.15, 0.2) is 5.17 Å². The summed E-state index contributed by atoms with van der Waals surface area (Å²) in [6, 6.07) is 0.596. The molecular formula is C11H19N3OS. The third-order valence-electron chi connectivity index (χ3n) is 3.30. The normalized spacial score (nSPS) is 31.7. The Balaban J connectivity index is 1.87. The third-order valence-corrected chi connectivity index (χ3v) is 4.41. The molecule has 90 valence electrons. The molecule has 1 saturated carbocycles. The first kappa shape index (κ1) is 11.8. The lowest BCUT2D eigenvalue weighted by atomic mass is 9.86. The molecule has 1 aliphatic carbocycles. The fraction of sp³-hybridized carbons (Fsp3) is 0.818. The van der Waals surface area contributed by atoms with E-state index in [1.807, 2.05) is 0 Å². The van der Waals surface area contributed by atoms with E-state index < -0.39 is 0 Å². The second-order valence-electron chi connectivity index (χ2n) is 4.40. The van der Waals surface area contributed by atoms with Crippen LogP contribution < -0.4 is 10.6 Å². The van der Waals surface area contributed by atoms with E-state index in [1.54, 1.807) is 18.8 Å². The first-order chi connectivity index (χ1) is 7.79. The lowest BCUT2D eigenvalue weighted by Gasteiger charge is -2.36. The fourth-order valence-electron chi connectivity index (χ4n) is 2.30. The predicted octanol–water partition coefficient (Wildman–Crippen LogP) is 0.984. The molecule has 1 heterocycles. The van der Waals surface area contributed by atoms with Crippen molar-refractivity contribution in [2.45, 2.75) is 31.7 Å². The predicted molar refractivity (Wildman–Crippen MR) is 67.7 cm³/mol. The lowest BCUT2D eigenvalue weighted by molar-refractivity contribution is -0.119. The van der Waals surface area contributed by atoms with Gasteiger partial charge in [0, 0.05) is 18.8 Å². The van der Waals surface area contributed by atoms with Crippen molar-refractivity contribution in [3.05, 3.63) is 0 Å². The minimum atomic E-state index is -0.0272. The van der Waals surface area contributed by atoms with Crippen LogP contribution in [-0.4, -0.2) is 36.5 Å². The number of fused-ring (bicyclic) bond motifs is 1. The Bertz CT molecular complexity index is 293. The minimum absolute atomic E-state index is 0.0272. The molecule has 2 fully saturated rings. The molecule has 2 N–H and O–H groups in total. The number of rotatable bonds is 2. The largest absolute Gasteiger partial charge is 0.362 e. The van der Waals surface area contributed by atoms with Crippen LogP contribution in [0.25, 0.3) is 0 Å². The van der Waals surface area contributed by atoms with Crippen LogP contribution in [-0.2, 0) is 4.79 Å². The number of carbonyl (C=O) groups excluding carboxylic acids is 1. The number of amidine groups is 1. The number of nitrogens with zero attached hydrogens (tertiary/aromatic N) is 1. The number of thioether (sulfide) groups is 1. The van der Waals surface area contributed by atoms with Crippen molar-refractivity contribution in [3.8, 4) is 0 Å². The van der Waals surface area contributed by atoms with Gasteiger partial charge in [0.25, 0.3) is 0 Å². The Morgan fingerprint density at radius 2 is 2.38 bits per heavy atom. The van der Waals surface area contributed by atoms with Gasteiger partial charge in [0.05, 0.1) is 0 Å². The van der Waals surface area contributed by atoms with Crippen LogP contribution in [0.15, 0.2) is 4.99 Å². The molecule has 0 spiro atoms. The number of nitrogens with one attached hydrogen (secondary N) is 2. The van der Waals surface area contributed by atoms with Gasteiger partial charge in [-0.1, -0.05) is 24.6 Å². The van der Waals surface area contributed by atoms with Gasteiger partial charge in [-0.3, -0.25) is 9.79 Å². The summed E-state index contributed by atoms with van der Waals surface area (Å²) in [5, 5.41) is 7.00. The zero-order valence-corrected chi connectivity index (χ0v) is 10.5. The van der Waals surface area contributed by atoms with Crippen LogP contribution in [0.3, 0.4) is 0 Å². The van der Waals surface area contributed by atoms with Crippen molar-refractivity contribution in [1.82, 2.24) is 10.6 Å². The summed E-state index contributed by atoms with van der Waals surface area (Å²) in [5.74, 6) is 1.93. The van der Waals surface area contributed by atoms with Crippen molar-refractivity contribution in [2.24, 2.45) is 10.9 Å². The van der Waals surface area contributed by atoms with E-state index in [9.17, 15) is 4.79 Å². The summed E-state index contributed by atoms with van der Waals surface area (Å²) in [7, 11) is 1.64. The van der Waals surface area contributed by atoms with Gasteiger partial charge in [-0.05, 0) is 18.8 Å². The summed E-state index contributed by atoms with van der Waals surface area (Å²) in [4.78, 5) is 15.4.